The third kappa shape index (κ3) is 3.01. The van der Waals surface area contributed by atoms with E-state index in [1.807, 2.05) is 30.3 Å². The van der Waals surface area contributed by atoms with Crippen molar-refractivity contribution in [1.29, 1.82) is 0 Å². The summed E-state index contributed by atoms with van der Waals surface area (Å²) >= 11 is 6.23. The average Bonchev–Trinajstić information content (AvgIpc) is 2.61. The Bertz CT molecular complexity index is 895. The number of anilines is 1. The molecule has 0 bridgehead atoms. The predicted octanol–water partition coefficient (Wildman–Crippen LogP) is 4.97. The topological polar surface area (TPSA) is 49.8 Å². The van der Waals surface area contributed by atoms with Gasteiger partial charge in [-0.15, -0.1) is 0 Å². The van der Waals surface area contributed by atoms with E-state index in [2.05, 4.69) is 0 Å². The molecule has 1 N–H and O–H groups in total. The molecule has 0 saturated heterocycles. The molecule has 3 rings (SSSR count). The highest BCUT2D eigenvalue weighted by Crippen LogP contribution is 2.32. The zero-order chi connectivity index (χ0) is 17.1. The number of rotatable bonds is 3. The second-order valence-corrected chi connectivity index (χ2v) is 5.70. The summed E-state index contributed by atoms with van der Waals surface area (Å²) in [4.78, 5) is 13.7. The first-order valence-electron chi connectivity index (χ1n) is 7.41. The number of amides is 1. The van der Waals surface area contributed by atoms with E-state index in [9.17, 15) is 9.90 Å². The van der Waals surface area contributed by atoms with Gasteiger partial charge in [-0.2, -0.15) is 0 Å². The summed E-state index contributed by atoms with van der Waals surface area (Å²) in [6.07, 6.45) is -0.546. The Balaban J connectivity index is 2.11. The van der Waals surface area contributed by atoms with Gasteiger partial charge in [0.2, 0.25) is 0 Å². The van der Waals surface area contributed by atoms with Gasteiger partial charge in [0, 0.05) is 5.56 Å². The Morgan fingerprint density at radius 2 is 1.79 bits per heavy atom. The van der Waals surface area contributed by atoms with Crippen LogP contribution in [-0.4, -0.2) is 18.3 Å². The van der Waals surface area contributed by atoms with Gasteiger partial charge < -0.3 is 9.84 Å². The van der Waals surface area contributed by atoms with Crippen LogP contribution >= 0.6 is 11.6 Å². The summed E-state index contributed by atoms with van der Waals surface area (Å²) in [5.74, 6) is 0.120. The lowest BCUT2D eigenvalue weighted by Gasteiger charge is -2.23. The fraction of sp³-hybridized carbons (Fsp3) is 0.105. The summed E-state index contributed by atoms with van der Waals surface area (Å²) in [5.41, 5.74) is 1.16. The van der Waals surface area contributed by atoms with E-state index >= 15 is 0 Å². The number of aromatic hydroxyl groups is 1. The van der Waals surface area contributed by atoms with Gasteiger partial charge in [0.05, 0.1) is 24.4 Å². The van der Waals surface area contributed by atoms with Gasteiger partial charge in [0.15, 0.2) is 0 Å². The smallest absolute Gasteiger partial charge is 0.414 e. The number of hydrogen-bond donors (Lipinski definition) is 1. The number of halogens is 1. The molecule has 0 aliphatic rings. The highest BCUT2D eigenvalue weighted by atomic mass is 35.5. The molecule has 0 heterocycles. The maximum absolute atomic E-state index is 12.3. The van der Waals surface area contributed by atoms with Gasteiger partial charge in [-0.3, -0.25) is 4.90 Å². The monoisotopic (exact) mass is 341 g/mol. The normalized spacial score (nSPS) is 10.6. The molecule has 24 heavy (non-hydrogen) atoms. The maximum atomic E-state index is 12.3. The number of ether oxygens (including phenoxy) is 1. The van der Waals surface area contributed by atoms with E-state index < -0.39 is 6.09 Å². The molecule has 4 nitrogen and oxygen atoms in total. The fourth-order valence-electron chi connectivity index (χ4n) is 2.68. The molecule has 5 heteroatoms. The Hall–Kier alpha value is -2.72. The molecule has 0 aromatic heterocycles. The molecular weight excluding hydrogens is 326 g/mol. The number of methoxy groups -OCH3 is 1. The summed E-state index contributed by atoms with van der Waals surface area (Å²) in [7, 11) is 1.31. The first kappa shape index (κ1) is 16.1. The van der Waals surface area contributed by atoms with Gasteiger partial charge >= 0.3 is 6.09 Å². The number of carbonyl (C=O) groups is 1. The van der Waals surface area contributed by atoms with Gasteiger partial charge in [0.1, 0.15) is 5.75 Å². The van der Waals surface area contributed by atoms with Crippen LogP contribution in [0.1, 0.15) is 5.56 Å². The average molecular weight is 342 g/mol. The van der Waals surface area contributed by atoms with Gasteiger partial charge in [-0.05, 0) is 29.0 Å². The van der Waals surface area contributed by atoms with Crippen molar-refractivity contribution in [1.82, 2.24) is 0 Å². The largest absolute Gasteiger partial charge is 0.508 e. The fourth-order valence-corrected chi connectivity index (χ4v) is 2.92. The highest BCUT2D eigenvalue weighted by Gasteiger charge is 2.21. The van der Waals surface area contributed by atoms with Crippen LogP contribution < -0.4 is 4.90 Å². The molecule has 0 fully saturated rings. The minimum atomic E-state index is -0.546. The summed E-state index contributed by atoms with van der Waals surface area (Å²) in [6.45, 7) is 0.142. The van der Waals surface area contributed by atoms with Crippen LogP contribution in [0.3, 0.4) is 0 Å². The molecule has 0 radical (unpaired) electrons. The number of phenolic OH excluding ortho intramolecular Hbond substituents is 1. The van der Waals surface area contributed by atoms with Crippen LogP contribution in [0.5, 0.6) is 5.75 Å². The number of fused-ring (bicyclic) bond motifs is 1. The van der Waals surface area contributed by atoms with Crippen molar-refractivity contribution < 1.29 is 14.6 Å². The standard InChI is InChI=1S/C19H16ClNO3/c1-24-19(23)21(17-9-5-4-8-16(17)20)12-15-14-7-3-2-6-13(14)10-11-18(15)22/h2-11,22H,12H2,1H3. The Labute approximate surface area is 144 Å². The van der Waals surface area contributed by atoms with Gasteiger partial charge in [0.25, 0.3) is 0 Å². The lowest BCUT2D eigenvalue weighted by atomic mass is 10.0. The van der Waals surface area contributed by atoms with Crippen LogP contribution in [0.15, 0.2) is 60.7 Å². The van der Waals surface area contributed by atoms with Crippen LogP contribution in [0.2, 0.25) is 5.02 Å². The van der Waals surface area contributed by atoms with Crippen molar-refractivity contribution in [3.05, 3.63) is 71.2 Å². The summed E-state index contributed by atoms with van der Waals surface area (Å²) < 4.78 is 4.89. The third-order valence-corrected chi connectivity index (χ3v) is 4.19. The molecule has 0 aliphatic carbocycles. The number of hydrogen-bond acceptors (Lipinski definition) is 3. The second-order valence-electron chi connectivity index (χ2n) is 5.29. The van der Waals surface area contributed by atoms with Crippen molar-refractivity contribution in [2.45, 2.75) is 6.54 Å². The molecule has 0 atom stereocenters. The van der Waals surface area contributed by atoms with E-state index in [0.29, 0.717) is 16.3 Å². The van der Waals surface area contributed by atoms with Crippen LogP contribution in [-0.2, 0) is 11.3 Å². The number of para-hydroxylation sites is 1. The second kappa shape index (κ2) is 6.81. The molecule has 3 aromatic rings. The van der Waals surface area contributed by atoms with E-state index in [0.717, 1.165) is 10.8 Å². The van der Waals surface area contributed by atoms with Crippen molar-refractivity contribution in [3.63, 3.8) is 0 Å². The first-order chi connectivity index (χ1) is 11.6. The van der Waals surface area contributed by atoms with Gasteiger partial charge in [-0.25, -0.2) is 4.79 Å². The van der Waals surface area contributed by atoms with E-state index in [1.165, 1.54) is 12.0 Å². The van der Waals surface area contributed by atoms with Crippen LogP contribution in [0, 0.1) is 0 Å². The van der Waals surface area contributed by atoms with Crippen molar-refractivity contribution in [2.75, 3.05) is 12.0 Å². The Kier molecular flexibility index (Phi) is 4.58. The molecule has 0 aliphatic heterocycles. The number of phenols is 1. The van der Waals surface area contributed by atoms with E-state index in [-0.39, 0.29) is 12.3 Å². The van der Waals surface area contributed by atoms with Crippen molar-refractivity contribution >= 4 is 34.2 Å². The van der Waals surface area contributed by atoms with Crippen LogP contribution in [0.4, 0.5) is 10.5 Å². The molecular formula is C19H16ClNO3. The third-order valence-electron chi connectivity index (χ3n) is 3.87. The molecule has 1 amide bonds. The summed E-state index contributed by atoms with van der Waals surface area (Å²) in [6, 6.07) is 18.2. The quantitative estimate of drug-likeness (QED) is 0.731. The number of nitrogens with zero attached hydrogens (tertiary/aromatic N) is 1. The van der Waals surface area contributed by atoms with E-state index in [1.54, 1.807) is 30.3 Å². The van der Waals surface area contributed by atoms with Crippen molar-refractivity contribution in [3.8, 4) is 5.75 Å². The minimum Gasteiger partial charge on any atom is -0.508 e. The lowest BCUT2D eigenvalue weighted by Crippen LogP contribution is -2.30. The molecule has 0 saturated carbocycles. The molecule has 122 valence electrons. The molecule has 0 spiro atoms. The molecule has 0 unspecified atom stereocenters. The maximum Gasteiger partial charge on any atom is 0.414 e. The Morgan fingerprint density at radius 1 is 1.08 bits per heavy atom. The SMILES string of the molecule is COC(=O)N(Cc1c(O)ccc2ccccc12)c1ccccc1Cl. The minimum absolute atomic E-state index is 0.120. The zero-order valence-electron chi connectivity index (χ0n) is 13.1. The van der Waals surface area contributed by atoms with Gasteiger partial charge in [-0.1, -0.05) is 54.1 Å². The lowest BCUT2D eigenvalue weighted by molar-refractivity contribution is 0.178. The Morgan fingerprint density at radius 3 is 2.54 bits per heavy atom. The number of carbonyl (C=O) groups excluding carboxylic acids is 1. The molecule has 3 aromatic carbocycles. The predicted molar refractivity (Wildman–Crippen MR) is 95.7 cm³/mol. The highest BCUT2D eigenvalue weighted by molar-refractivity contribution is 6.33. The summed E-state index contributed by atoms with van der Waals surface area (Å²) in [5, 5.41) is 12.6. The first-order valence-corrected chi connectivity index (χ1v) is 7.79. The zero-order valence-corrected chi connectivity index (χ0v) is 13.8. The van der Waals surface area contributed by atoms with Crippen molar-refractivity contribution in [2.24, 2.45) is 0 Å². The number of benzene rings is 3. The van der Waals surface area contributed by atoms with E-state index in [4.69, 9.17) is 16.3 Å². The van der Waals surface area contributed by atoms with Crippen LogP contribution in [0.25, 0.3) is 10.8 Å².